The van der Waals surface area contributed by atoms with Gasteiger partial charge < -0.3 is 10.4 Å². The van der Waals surface area contributed by atoms with Crippen LogP contribution in [-0.4, -0.2) is 11.7 Å². The fourth-order valence-electron chi connectivity index (χ4n) is 1.47. The van der Waals surface area contributed by atoms with E-state index in [9.17, 15) is 9.50 Å². The van der Waals surface area contributed by atoms with E-state index in [4.69, 9.17) is 0 Å². The van der Waals surface area contributed by atoms with E-state index >= 15 is 0 Å². The Morgan fingerprint density at radius 1 is 1.50 bits per heavy atom. The predicted molar refractivity (Wildman–Crippen MR) is 44.5 cm³/mol. The third-order valence-corrected chi connectivity index (χ3v) is 2.11. The molecule has 0 amide bonds. The fraction of sp³-hybridized carbons (Fsp3) is 0.333. The van der Waals surface area contributed by atoms with Crippen molar-refractivity contribution in [3.05, 3.63) is 29.6 Å². The van der Waals surface area contributed by atoms with Crippen LogP contribution in [0.25, 0.3) is 0 Å². The number of rotatable bonds is 0. The molecule has 0 saturated carbocycles. The largest absolute Gasteiger partial charge is 0.388 e. The standard InChI is InChI=1S/C9H10FNO/c10-6-1-2-8-7(5-6)9(12)3-4-11-8/h1-2,5,9,11-12H,3-4H2. The van der Waals surface area contributed by atoms with E-state index in [2.05, 4.69) is 5.32 Å². The molecule has 1 atom stereocenters. The van der Waals surface area contributed by atoms with E-state index in [0.29, 0.717) is 12.0 Å². The van der Waals surface area contributed by atoms with E-state index in [1.54, 1.807) is 6.07 Å². The Balaban J connectivity index is 2.47. The molecule has 0 fully saturated rings. The first-order valence-electron chi connectivity index (χ1n) is 3.99. The summed E-state index contributed by atoms with van der Waals surface area (Å²) in [7, 11) is 0. The minimum Gasteiger partial charge on any atom is -0.388 e. The fourth-order valence-corrected chi connectivity index (χ4v) is 1.47. The van der Waals surface area contributed by atoms with Gasteiger partial charge in [-0.3, -0.25) is 0 Å². The smallest absolute Gasteiger partial charge is 0.123 e. The van der Waals surface area contributed by atoms with E-state index in [1.165, 1.54) is 12.1 Å². The van der Waals surface area contributed by atoms with Crippen LogP contribution in [0.3, 0.4) is 0 Å². The average molecular weight is 167 g/mol. The molecule has 0 radical (unpaired) electrons. The second kappa shape index (κ2) is 2.75. The normalized spacial score (nSPS) is 21.3. The van der Waals surface area contributed by atoms with Crippen LogP contribution >= 0.6 is 0 Å². The summed E-state index contributed by atoms with van der Waals surface area (Å²) in [5.41, 5.74) is 1.51. The van der Waals surface area contributed by atoms with Crippen LogP contribution in [0, 0.1) is 5.82 Å². The molecule has 1 aliphatic heterocycles. The number of nitrogens with one attached hydrogen (secondary N) is 1. The topological polar surface area (TPSA) is 32.3 Å². The summed E-state index contributed by atoms with van der Waals surface area (Å²) in [6, 6.07) is 4.43. The van der Waals surface area contributed by atoms with Crippen molar-refractivity contribution in [1.29, 1.82) is 0 Å². The van der Waals surface area contributed by atoms with Crippen LogP contribution in [0.5, 0.6) is 0 Å². The highest BCUT2D eigenvalue weighted by Gasteiger charge is 2.17. The molecule has 0 saturated heterocycles. The number of aliphatic hydroxyl groups excluding tert-OH is 1. The molecule has 1 aromatic carbocycles. The van der Waals surface area contributed by atoms with Crippen molar-refractivity contribution >= 4 is 5.69 Å². The summed E-state index contributed by atoms with van der Waals surface area (Å²) < 4.78 is 12.7. The molecule has 1 aliphatic rings. The molecular formula is C9H10FNO. The van der Waals surface area contributed by atoms with Crippen molar-refractivity contribution in [2.24, 2.45) is 0 Å². The number of hydrogen-bond donors (Lipinski definition) is 2. The first kappa shape index (κ1) is 7.55. The molecule has 1 unspecified atom stereocenters. The average Bonchev–Trinajstić information content (AvgIpc) is 2.07. The highest BCUT2D eigenvalue weighted by molar-refractivity contribution is 5.54. The first-order valence-corrected chi connectivity index (χ1v) is 3.99. The van der Waals surface area contributed by atoms with Crippen molar-refractivity contribution in [2.45, 2.75) is 12.5 Å². The minimum atomic E-state index is -0.517. The third kappa shape index (κ3) is 1.16. The molecule has 1 heterocycles. The second-order valence-electron chi connectivity index (χ2n) is 2.96. The molecule has 2 nitrogen and oxygen atoms in total. The highest BCUT2D eigenvalue weighted by Crippen LogP contribution is 2.29. The van der Waals surface area contributed by atoms with Gasteiger partial charge in [0.15, 0.2) is 0 Å². The third-order valence-electron chi connectivity index (χ3n) is 2.11. The molecule has 0 aliphatic carbocycles. The van der Waals surface area contributed by atoms with Gasteiger partial charge in [0.1, 0.15) is 5.82 Å². The molecule has 2 N–H and O–H groups in total. The van der Waals surface area contributed by atoms with Gasteiger partial charge in [0, 0.05) is 17.8 Å². The number of anilines is 1. The van der Waals surface area contributed by atoms with Crippen LogP contribution in [-0.2, 0) is 0 Å². The maximum absolute atomic E-state index is 12.7. The summed E-state index contributed by atoms with van der Waals surface area (Å²) >= 11 is 0. The Hall–Kier alpha value is -1.09. The van der Waals surface area contributed by atoms with Crippen LogP contribution in [0.1, 0.15) is 18.1 Å². The number of fused-ring (bicyclic) bond motifs is 1. The maximum Gasteiger partial charge on any atom is 0.123 e. The first-order chi connectivity index (χ1) is 5.77. The van der Waals surface area contributed by atoms with Crippen LogP contribution < -0.4 is 5.32 Å². The summed E-state index contributed by atoms with van der Waals surface area (Å²) in [6.07, 6.45) is 0.133. The summed E-state index contributed by atoms with van der Waals surface area (Å²) in [5.74, 6) is -0.295. The minimum absolute atomic E-state index is 0.295. The predicted octanol–water partition coefficient (Wildman–Crippen LogP) is 1.67. The number of aliphatic hydroxyl groups is 1. The van der Waals surface area contributed by atoms with Gasteiger partial charge in [0.05, 0.1) is 6.10 Å². The van der Waals surface area contributed by atoms with Gasteiger partial charge >= 0.3 is 0 Å². The summed E-state index contributed by atoms with van der Waals surface area (Å²) in [5, 5.41) is 12.6. The van der Waals surface area contributed by atoms with Crippen molar-refractivity contribution in [1.82, 2.24) is 0 Å². The van der Waals surface area contributed by atoms with Crippen molar-refractivity contribution in [2.75, 3.05) is 11.9 Å². The lowest BCUT2D eigenvalue weighted by molar-refractivity contribution is 0.168. The highest BCUT2D eigenvalue weighted by atomic mass is 19.1. The Morgan fingerprint density at radius 3 is 3.17 bits per heavy atom. The van der Waals surface area contributed by atoms with E-state index in [0.717, 1.165) is 12.2 Å². The van der Waals surface area contributed by atoms with Gasteiger partial charge in [-0.1, -0.05) is 0 Å². The quantitative estimate of drug-likeness (QED) is 0.616. The van der Waals surface area contributed by atoms with Crippen LogP contribution in [0.2, 0.25) is 0 Å². The zero-order chi connectivity index (χ0) is 8.55. The Morgan fingerprint density at radius 2 is 2.33 bits per heavy atom. The number of halogens is 1. The monoisotopic (exact) mass is 167 g/mol. The SMILES string of the molecule is OC1CCNc2ccc(F)cc21. The van der Waals surface area contributed by atoms with Gasteiger partial charge in [0.25, 0.3) is 0 Å². The number of hydrogen-bond acceptors (Lipinski definition) is 2. The molecule has 0 aromatic heterocycles. The molecule has 12 heavy (non-hydrogen) atoms. The van der Waals surface area contributed by atoms with Crippen LogP contribution in [0.4, 0.5) is 10.1 Å². The molecule has 2 rings (SSSR count). The zero-order valence-corrected chi connectivity index (χ0v) is 6.55. The zero-order valence-electron chi connectivity index (χ0n) is 6.55. The van der Waals surface area contributed by atoms with Gasteiger partial charge in [-0.05, 0) is 24.6 Å². The Kier molecular flexibility index (Phi) is 1.73. The van der Waals surface area contributed by atoms with Crippen molar-refractivity contribution in [3.63, 3.8) is 0 Å². The number of benzene rings is 1. The molecule has 0 bridgehead atoms. The van der Waals surface area contributed by atoms with Crippen molar-refractivity contribution < 1.29 is 9.50 Å². The molecule has 64 valence electrons. The maximum atomic E-state index is 12.7. The molecule has 0 spiro atoms. The summed E-state index contributed by atoms with van der Waals surface area (Å²) in [6.45, 7) is 0.750. The van der Waals surface area contributed by atoms with Gasteiger partial charge in [-0.15, -0.1) is 0 Å². The summed E-state index contributed by atoms with van der Waals surface area (Å²) in [4.78, 5) is 0. The van der Waals surface area contributed by atoms with E-state index in [1.807, 2.05) is 0 Å². The van der Waals surface area contributed by atoms with Crippen LogP contribution in [0.15, 0.2) is 18.2 Å². The lowest BCUT2D eigenvalue weighted by atomic mass is 10.0. The molecular weight excluding hydrogens is 157 g/mol. The molecule has 1 aromatic rings. The Labute approximate surface area is 70.0 Å². The van der Waals surface area contributed by atoms with Gasteiger partial charge in [0.2, 0.25) is 0 Å². The van der Waals surface area contributed by atoms with Gasteiger partial charge in [-0.25, -0.2) is 4.39 Å². The molecule has 3 heteroatoms. The van der Waals surface area contributed by atoms with Crippen molar-refractivity contribution in [3.8, 4) is 0 Å². The second-order valence-corrected chi connectivity index (χ2v) is 2.96. The van der Waals surface area contributed by atoms with E-state index in [-0.39, 0.29) is 5.82 Å². The lowest BCUT2D eigenvalue weighted by Crippen LogP contribution is -2.16. The Bertz CT molecular complexity index is 301. The van der Waals surface area contributed by atoms with E-state index < -0.39 is 6.10 Å². The van der Waals surface area contributed by atoms with Gasteiger partial charge in [-0.2, -0.15) is 0 Å². The lowest BCUT2D eigenvalue weighted by Gasteiger charge is -2.22.